The Morgan fingerprint density at radius 3 is 2.79 bits per heavy atom. The molecule has 3 aromatic rings. The Kier molecular flexibility index (Phi) is 5.06. The van der Waals surface area contributed by atoms with Gasteiger partial charge in [0.2, 0.25) is 16.2 Å². The van der Waals surface area contributed by atoms with E-state index in [2.05, 4.69) is 30.7 Å². The van der Waals surface area contributed by atoms with E-state index in [1.165, 1.54) is 23.1 Å². The zero-order chi connectivity index (χ0) is 16.9. The van der Waals surface area contributed by atoms with Gasteiger partial charge in [-0.1, -0.05) is 53.4 Å². The van der Waals surface area contributed by atoms with Crippen LogP contribution in [0.4, 0.5) is 5.13 Å². The van der Waals surface area contributed by atoms with Crippen LogP contribution in [0.15, 0.2) is 35.5 Å². The SMILES string of the molecule is Cc1nc(SCC(=O)NC(c2ccccc2)c2nnc(N)s2)n[nH]1. The van der Waals surface area contributed by atoms with Crippen molar-refractivity contribution in [1.82, 2.24) is 30.7 Å². The molecule has 1 atom stereocenters. The number of nitrogen functional groups attached to an aromatic ring is 1. The lowest BCUT2D eigenvalue weighted by atomic mass is 10.1. The molecule has 8 nitrogen and oxygen atoms in total. The Morgan fingerprint density at radius 2 is 2.17 bits per heavy atom. The molecular weight excluding hydrogens is 346 g/mol. The Hall–Kier alpha value is -2.46. The molecule has 0 aliphatic carbocycles. The minimum Gasteiger partial charge on any atom is -0.374 e. The first kappa shape index (κ1) is 16.4. The number of nitrogens with two attached hydrogens (primary N) is 1. The number of nitrogens with one attached hydrogen (secondary N) is 2. The molecule has 0 spiro atoms. The van der Waals surface area contributed by atoms with Gasteiger partial charge in [-0.25, -0.2) is 4.98 Å². The molecule has 3 rings (SSSR count). The van der Waals surface area contributed by atoms with Crippen LogP contribution in [-0.2, 0) is 4.79 Å². The van der Waals surface area contributed by atoms with Crippen molar-refractivity contribution in [2.24, 2.45) is 0 Å². The van der Waals surface area contributed by atoms with E-state index in [4.69, 9.17) is 5.73 Å². The third kappa shape index (κ3) is 4.09. The number of hydrogen-bond acceptors (Lipinski definition) is 8. The first-order valence-electron chi connectivity index (χ1n) is 7.07. The van der Waals surface area contributed by atoms with Crippen LogP contribution >= 0.6 is 23.1 Å². The van der Waals surface area contributed by atoms with Gasteiger partial charge in [0.05, 0.1) is 5.75 Å². The molecule has 0 aliphatic heterocycles. The lowest BCUT2D eigenvalue weighted by Gasteiger charge is -2.16. The smallest absolute Gasteiger partial charge is 0.231 e. The number of aromatic nitrogens is 5. The minimum atomic E-state index is -0.386. The van der Waals surface area contributed by atoms with Crippen LogP contribution in [0.1, 0.15) is 22.4 Å². The molecule has 1 aromatic carbocycles. The number of carbonyl (C=O) groups is 1. The quantitative estimate of drug-likeness (QED) is 0.569. The average Bonchev–Trinajstić information content (AvgIpc) is 3.20. The lowest BCUT2D eigenvalue weighted by Crippen LogP contribution is -2.30. The van der Waals surface area contributed by atoms with Crippen LogP contribution in [0.25, 0.3) is 0 Å². The summed E-state index contributed by atoms with van der Waals surface area (Å²) in [4.78, 5) is 16.5. The van der Waals surface area contributed by atoms with Gasteiger partial charge in [-0.2, -0.15) is 0 Å². The number of thioether (sulfide) groups is 1. The fourth-order valence-electron chi connectivity index (χ4n) is 2.02. The van der Waals surface area contributed by atoms with Gasteiger partial charge in [-0.3, -0.25) is 9.89 Å². The second-order valence-electron chi connectivity index (χ2n) is 4.88. The molecule has 24 heavy (non-hydrogen) atoms. The zero-order valence-corrected chi connectivity index (χ0v) is 14.4. The van der Waals surface area contributed by atoms with E-state index in [9.17, 15) is 4.79 Å². The van der Waals surface area contributed by atoms with Gasteiger partial charge in [0.15, 0.2) is 0 Å². The van der Waals surface area contributed by atoms with Crippen LogP contribution < -0.4 is 11.1 Å². The number of rotatable bonds is 6. The van der Waals surface area contributed by atoms with Gasteiger partial charge >= 0.3 is 0 Å². The van der Waals surface area contributed by atoms with Gasteiger partial charge in [0.25, 0.3) is 0 Å². The molecule has 4 N–H and O–H groups in total. The first-order valence-corrected chi connectivity index (χ1v) is 8.87. The Labute approximate surface area is 146 Å². The summed E-state index contributed by atoms with van der Waals surface area (Å²) in [6.07, 6.45) is 0. The lowest BCUT2D eigenvalue weighted by molar-refractivity contribution is -0.119. The van der Waals surface area contributed by atoms with Gasteiger partial charge in [0, 0.05) is 0 Å². The topological polar surface area (TPSA) is 122 Å². The maximum atomic E-state index is 12.3. The standard InChI is InChI=1S/C14H15N7OS2/c1-8-16-14(21-18-8)23-7-10(22)17-11(9-5-3-2-4-6-9)12-19-20-13(15)24-12/h2-6,11H,7H2,1H3,(H2,15,20)(H,17,22)(H,16,18,21). The molecule has 0 saturated carbocycles. The third-order valence-corrected chi connectivity index (χ3v) is 4.72. The molecule has 0 radical (unpaired) electrons. The second-order valence-corrected chi connectivity index (χ2v) is 6.86. The van der Waals surface area contributed by atoms with Crippen LogP contribution in [-0.4, -0.2) is 37.0 Å². The number of nitrogens with zero attached hydrogens (tertiary/aromatic N) is 4. The van der Waals surface area contributed by atoms with Gasteiger partial charge in [-0.05, 0) is 12.5 Å². The molecule has 1 unspecified atom stereocenters. The number of carbonyl (C=O) groups excluding carboxylic acids is 1. The van der Waals surface area contributed by atoms with E-state index in [0.717, 1.165) is 5.56 Å². The Bertz CT molecular complexity index is 817. The number of amides is 1. The van der Waals surface area contributed by atoms with Gasteiger partial charge in [-0.15, -0.1) is 15.3 Å². The van der Waals surface area contributed by atoms with Crippen molar-refractivity contribution in [3.63, 3.8) is 0 Å². The summed E-state index contributed by atoms with van der Waals surface area (Å²) in [7, 11) is 0. The molecule has 124 valence electrons. The predicted octanol–water partition coefficient (Wildman–Crippen LogP) is 1.54. The summed E-state index contributed by atoms with van der Waals surface area (Å²) in [5.74, 6) is 0.768. The first-order chi connectivity index (χ1) is 11.6. The normalized spacial score (nSPS) is 12.0. The van der Waals surface area contributed by atoms with Crippen LogP contribution in [0.2, 0.25) is 0 Å². The molecule has 10 heteroatoms. The highest BCUT2D eigenvalue weighted by Crippen LogP contribution is 2.26. The fraction of sp³-hybridized carbons (Fsp3) is 0.214. The van der Waals surface area contributed by atoms with Crippen molar-refractivity contribution in [3.05, 3.63) is 46.7 Å². The largest absolute Gasteiger partial charge is 0.374 e. The molecule has 0 fully saturated rings. The molecule has 0 bridgehead atoms. The molecule has 0 aliphatic rings. The van der Waals surface area contributed by atoms with Crippen molar-refractivity contribution < 1.29 is 4.79 Å². The molecule has 2 heterocycles. The van der Waals surface area contributed by atoms with E-state index < -0.39 is 0 Å². The number of aromatic amines is 1. The number of anilines is 1. The van der Waals surface area contributed by atoms with Crippen molar-refractivity contribution in [2.45, 2.75) is 18.1 Å². The van der Waals surface area contributed by atoms with Gasteiger partial charge in [0.1, 0.15) is 16.9 Å². The van der Waals surface area contributed by atoms with E-state index in [-0.39, 0.29) is 17.7 Å². The van der Waals surface area contributed by atoms with E-state index >= 15 is 0 Å². The van der Waals surface area contributed by atoms with Crippen molar-refractivity contribution >= 4 is 34.1 Å². The predicted molar refractivity (Wildman–Crippen MR) is 92.6 cm³/mol. The second kappa shape index (κ2) is 7.41. The summed E-state index contributed by atoms with van der Waals surface area (Å²) in [6.45, 7) is 1.81. The van der Waals surface area contributed by atoms with Crippen LogP contribution in [0, 0.1) is 6.92 Å². The highest BCUT2D eigenvalue weighted by atomic mass is 32.2. The maximum absolute atomic E-state index is 12.3. The van der Waals surface area contributed by atoms with Crippen molar-refractivity contribution in [3.8, 4) is 0 Å². The monoisotopic (exact) mass is 361 g/mol. The molecule has 1 amide bonds. The van der Waals surface area contributed by atoms with Crippen molar-refractivity contribution in [1.29, 1.82) is 0 Å². The van der Waals surface area contributed by atoms with Gasteiger partial charge < -0.3 is 11.1 Å². The number of benzene rings is 1. The zero-order valence-electron chi connectivity index (χ0n) is 12.8. The maximum Gasteiger partial charge on any atom is 0.231 e. The summed E-state index contributed by atoms with van der Waals surface area (Å²) in [5, 5.41) is 19.2. The summed E-state index contributed by atoms with van der Waals surface area (Å²) in [5.41, 5.74) is 6.59. The average molecular weight is 361 g/mol. The molecule has 0 saturated heterocycles. The highest BCUT2D eigenvalue weighted by molar-refractivity contribution is 7.99. The minimum absolute atomic E-state index is 0.148. The fourth-order valence-corrected chi connectivity index (χ4v) is 3.36. The van der Waals surface area contributed by atoms with E-state index in [1.807, 2.05) is 37.3 Å². The van der Waals surface area contributed by atoms with E-state index in [0.29, 0.717) is 21.1 Å². The highest BCUT2D eigenvalue weighted by Gasteiger charge is 2.21. The third-order valence-electron chi connectivity index (χ3n) is 3.05. The molecular formula is C14H15N7OS2. The van der Waals surface area contributed by atoms with Crippen molar-refractivity contribution in [2.75, 3.05) is 11.5 Å². The summed E-state index contributed by atoms with van der Waals surface area (Å²) in [6, 6.07) is 9.19. The van der Waals surface area contributed by atoms with Crippen LogP contribution in [0.3, 0.4) is 0 Å². The molecule has 2 aromatic heterocycles. The summed E-state index contributed by atoms with van der Waals surface area (Å²) < 4.78 is 0. The van der Waals surface area contributed by atoms with Crippen LogP contribution in [0.5, 0.6) is 0 Å². The number of H-pyrrole nitrogens is 1. The summed E-state index contributed by atoms with van der Waals surface area (Å²) >= 11 is 2.52. The Balaban J connectivity index is 1.70. The van der Waals surface area contributed by atoms with E-state index in [1.54, 1.807) is 0 Å². The number of hydrogen-bond donors (Lipinski definition) is 3. The Morgan fingerprint density at radius 1 is 1.38 bits per heavy atom. The number of aryl methyl sites for hydroxylation is 1.